The number of rotatable bonds is 5. The molecule has 0 bridgehead atoms. The summed E-state index contributed by atoms with van der Waals surface area (Å²) >= 11 is 1.27. The molecule has 1 saturated carbocycles. The van der Waals surface area contributed by atoms with Gasteiger partial charge in [0.1, 0.15) is 0 Å². The molecule has 2 unspecified atom stereocenters. The zero-order chi connectivity index (χ0) is 15.6. The average molecular weight is 309 g/mol. The normalized spacial score (nSPS) is 23.8. The zero-order valence-corrected chi connectivity index (χ0v) is 13.1. The van der Waals surface area contributed by atoms with E-state index in [1.54, 1.807) is 19.2 Å². The minimum absolute atomic E-state index is 0.0757. The molecule has 0 radical (unpaired) electrons. The van der Waals surface area contributed by atoms with Crippen molar-refractivity contribution in [3.05, 3.63) is 28.0 Å². The second kappa shape index (κ2) is 5.99. The Balaban J connectivity index is 1.97. The van der Waals surface area contributed by atoms with Crippen LogP contribution < -0.4 is 5.32 Å². The molecular weight excluding hydrogens is 290 g/mol. The van der Waals surface area contributed by atoms with Crippen molar-refractivity contribution in [2.24, 2.45) is 5.41 Å². The van der Waals surface area contributed by atoms with E-state index in [-0.39, 0.29) is 23.5 Å². The first-order chi connectivity index (χ1) is 9.84. The van der Waals surface area contributed by atoms with Crippen molar-refractivity contribution in [2.75, 3.05) is 7.11 Å². The molecule has 1 aliphatic carbocycles. The van der Waals surface area contributed by atoms with Gasteiger partial charge in [-0.15, -0.1) is 11.3 Å². The first-order valence-electron chi connectivity index (χ1n) is 6.69. The van der Waals surface area contributed by atoms with Crippen LogP contribution in [0.15, 0.2) is 18.2 Å². The Bertz CT molecular complexity index is 576. The molecule has 2 rings (SSSR count). The van der Waals surface area contributed by atoms with Crippen LogP contribution in [-0.2, 0) is 9.53 Å². The number of thiophene rings is 1. The Kier molecular flexibility index (Phi) is 4.49. The summed E-state index contributed by atoms with van der Waals surface area (Å²) in [7, 11) is 1.69. The lowest BCUT2D eigenvalue weighted by atomic mass is 9.64. The van der Waals surface area contributed by atoms with Gasteiger partial charge in [0.05, 0.1) is 11.0 Å². The molecule has 0 aliphatic heterocycles. The summed E-state index contributed by atoms with van der Waals surface area (Å²) in [5.74, 6) is -1.13. The second-order valence-electron chi connectivity index (χ2n) is 5.68. The van der Waals surface area contributed by atoms with Crippen molar-refractivity contribution < 1.29 is 19.4 Å². The van der Waals surface area contributed by atoms with Gasteiger partial charge in [-0.1, -0.05) is 13.8 Å². The molecule has 1 aromatic rings. The van der Waals surface area contributed by atoms with Crippen molar-refractivity contribution >= 4 is 29.3 Å². The number of carboxylic acids is 1. The number of carboxylic acid groups (broad SMARTS) is 1. The van der Waals surface area contributed by atoms with Gasteiger partial charge < -0.3 is 15.2 Å². The van der Waals surface area contributed by atoms with E-state index in [1.807, 2.05) is 0 Å². The van der Waals surface area contributed by atoms with Gasteiger partial charge in [0, 0.05) is 29.5 Å². The topological polar surface area (TPSA) is 75.6 Å². The molecule has 2 N–H and O–H groups in total. The number of carbonyl (C=O) groups is 2. The fourth-order valence-electron chi connectivity index (χ4n) is 2.48. The molecule has 5 nitrogen and oxygen atoms in total. The first-order valence-corrected chi connectivity index (χ1v) is 7.50. The molecule has 1 aliphatic rings. The summed E-state index contributed by atoms with van der Waals surface area (Å²) in [4.78, 5) is 24.0. The van der Waals surface area contributed by atoms with E-state index in [0.717, 1.165) is 17.4 Å². The van der Waals surface area contributed by atoms with E-state index in [0.29, 0.717) is 4.88 Å². The van der Waals surface area contributed by atoms with Crippen molar-refractivity contribution in [1.82, 2.24) is 5.32 Å². The predicted octanol–water partition coefficient (Wildman–Crippen LogP) is 2.39. The van der Waals surface area contributed by atoms with Crippen LogP contribution in [0.3, 0.4) is 0 Å². The fourth-order valence-corrected chi connectivity index (χ4v) is 3.29. The van der Waals surface area contributed by atoms with E-state index in [2.05, 4.69) is 19.2 Å². The van der Waals surface area contributed by atoms with Crippen LogP contribution in [0.5, 0.6) is 0 Å². The lowest BCUT2D eigenvalue weighted by Crippen LogP contribution is -2.61. The van der Waals surface area contributed by atoms with Crippen molar-refractivity contribution in [1.29, 1.82) is 0 Å². The largest absolute Gasteiger partial charge is 0.478 e. The molecule has 0 aromatic carbocycles. The Morgan fingerprint density at radius 2 is 2.19 bits per heavy atom. The average Bonchev–Trinajstić information content (AvgIpc) is 2.89. The number of hydrogen-bond donors (Lipinski definition) is 2. The molecule has 1 amide bonds. The van der Waals surface area contributed by atoms with Crippen LogP contribution in [0.25, 0.3) is 6.08 Å². The maximum absolute atomic E-state index is 12.2. The molecule has 114 valence electrons. The Hall–Kier alpha value is -1.66. The van der Waals surface area contributed by atoms with E-state index < -0.39 is 5.97 Å². The lowest BCUT2D eigenvalue weighted by Gasteiger charge is -2.51. The molecule has 0 saturated heterocycles. The van der Waals surface area contributed by atoms with Gasteiger partial charge in [-0.05, 0) is 24.6 Å². The highest BCUT2D eigenvalue weighted by atomic mass is 32.1. The van der Waals surface area contributed by atoms with Gasteiger partial charge in [-0.25, -0.2) is 4.79 Å². The Morgan fingerprint density at radius 1 is 1.48 bits per heavy atom. The third-order valence-electron chi connectivity index (χ3n) is 4.01. The summed E-state index contributed by atoms with van der Waals surface area (Å²) in [5.41, 5.74) is -0.0757. The number of methoxy groups -OCH3 is 1. The van der Waals surface area contributed by atoms with E-state index in [4.69, 9.17) is 9.84 Å². The van der Waals surface area contributed by atoms with Gasteiger partial charge in [0.15, 0.2) is 0 Å². The van der Waals surface area contributed by atoms with Crippen LogP contribution in [-0.4, -0.2) is 36.2 Å². The van der Waals surface area contributed by atoms with Crippen LogP contribution in [0.2, 0.25) is 0 Å². The molecule has 6 heteroatoms. The highest BCUT2D eigenvalue weighted by molar-refractivity contribution is 7.14. The first kappa shape index (κ1) is 15.7. The lowest BCUT2D eigenvalue weighted by molar-refractivity contribution is -0.131. The minimum Gasteiger partial charge on any atom is -0.478 e. The minimum atomic E-state index is -1.00. The molecule has 21 heavy (non-hydrogen) atoms. The van der Waals surface area contributed by atoms with Crippen LogP contribution in [0.4, 0.5) is 0 Å². The van der Waals surface area contributed by atoms with Crippen molar-refractivity contribution in [3.8, 4) is 0 Å². The molecule has 1 heterocycles. The van der Waals surface area contributed by atoms with E-state index in [9.17, 15) is 9.59 Å². The predicted molar refractivity (Wildman–Crippen MR) is 81.4 cm³/mol. The van der Waals surface area contributed by atoms with E-state index in [1.165, 1.54) is 17.4 Å². The summed E-state index contributed by atoms with van der Waals surface area (Å²) in [5, 5.41) is 11.6. The summed E-state index contributed by atoms with van der Waals surface area (Å²) in [6, 6.07) is 3.54. The fraction of sp³-hybridized carbons (Fsp3) is 0.467. The summed E-state index contributed by atoms with van der Waals surface area (Å²) in [6.07, 6.45) is 3.52. The van der Waals surface area contributed by atoms with Gasteiger partial charge in [0.2, 0.25) is 0 Å². The quantitative estimate of drug-likeness (QED) is 0.819. The number of ether oxygens (including phenoxy) is 1. The SMILES string of the molecule is COC1CC(NC(=O)c2ccc(/C=C/C(=O)O)s2)C1(C)C. The van der Waals surface area contributed by atoms with Gasteiger partial charge in [-0.3, -0.25) is 4.79 Å². The summed E-state index contributed by atoms with van der Waals surface area (Å²) < 4.78 is 5.36. The molecule has 1 fully saturated rings. The second-order valence-corrected chi connectivity index (χ2v) is 6.80. The Morgan fingerprint density at radius 3 is 2.76 bits per heavy atom. The zero-order valence-electron chi connectivity index (χ0n) is 12.3. The standard InChI is InChI=1S/C15H19NO4S/c1-15(2)11(8-12(15)20-3)16-14(19)10-6-4-9(21-10)5-7-13(17)18/h4-7,11-12H,8H2,1-3H3,(H,16,19)(H,17,18)/b7-5+. The van der Waals surface area contributed by atoms with Crippen LogP contribution in [0, 0.1) is 5.41 Å². The van der Waals surface area contributed by atoms with Crippen LogP contribution in [0.1, 0.15) is 34.8 Å². The van der Waals surface area contributed by atoms with Crippen LogP contribution >= 0.6 is 11.3 Å². The molecule has 2 atom stereocenters. The number of nitrogens with one attached hydrogen (secondary N) is 1. The number of aliphatic carboxylic acids is 1. The van der Waals surface area contributed by atoms with Gasteiger partial charge >= 0.3 is 5.97 Å². The smallest absolute Gasteiger partial charge is 0.328 e. The molecule has 1 aromatic heterocycles. The maximum atomic E-state index is 12.2. The maximum Gasteiger partial charge on any atom is 0.328 e. The molecule has 0 spiro atoms. The van der Waals surface area contributed by atoms with E-state index >= 15 is 0 Å². The number of amides is 1. The van der Waals surface area contributed by atoms with Crippen molar-refractivity contribution in [3.63, 3.8) is 0 Å². The number of carbonyl (C=O) groups excluding carboxylic acids is 1. The van der Waals surface area contributed by atoms with Crippen molar-refractivity contribution in [2.45, 2.75) is 32.4 Å². The highest BCUT2D eigenvalue weighted by Crippen LogP contribution is 2.42. The van der Waals surface area contributed by atoms with Gasteiger partial charge in [0.25, 0.3) is 5.91 Å². The molecular formula is C15H19NO4S. The number of hydrogen-bond acceptors (Lipinski definition) is 4. The third kappa shape index (κ3) is 3.33. The monoisotopic (exact) mass is 309 g/mol. The third-order valence-corrected chi connectivity index (χ3v) is 5.06. The Labute approximate surface area is 127 Å². The summed E-state index contributed by atoms with van der Waals surface area (Å²) in [6.45, 7) is 4.15. The highest BCUT2D eigenvalue weighted by Gasteiger charge is 2.49. The van der Waals surface area contributed by atoms with Gasteiger partial charge in [-0.2, -0.15) is 0 Å².